The predicted octanol–water partition coefficient (Wildman–Crippen LogP) is 6.78. The molecule has 1 saturated carbocycles. The van der Waals surface area contributed by atoms with Crippen LogP contribution in [0.2, 0.25) is 5.02 Å². The van der Waals surface area contributed by atoms with Gasteiger partial charge in [-0.05, 0) is 55.5 Å². The smallest absolute Gasteiger partial charge is 0.258 e. The molecule has 0 radical (unpaired) electrons. The summed E-state index contributed by atoms with van der Waals surface area (Å²) in [7, 11) is 0. The van der Waals surface area contributed by atoms with Crippen LogP contribution in [0, 0.1) is 5.41 Å². The van der Waals surface area contributed by atoms with E-state index in [1.807, 2.05) is 42.5 Å². The van der Waals surface area contributed by atoms with Crippen LogP contribution in [-0.4, -0.2) is 16.6 Å². The Hall–Kier alpha value is -3.18. The van der Waals surface area contributed by atoms with Crippen LogP contribution in [0.3, 0.4) is 0 Å². The summed E-state index contributed by atoms with van der Waals surface area (Å²) in [6.07, 6.45) is 6.50. The maximum atomic E-state index is 12.9. The Balaban J connectivity index is 1.55. The van der Waals surface area contributed by atoms with E-state index >= 15 is 0 Å². The van der Waals surface area contributed by atoms with E-state index in [2.05, 4.69) is 27.8 Å². The number of nitrogens with zero attached hydrogens (tertiary/aromatic N) is 1. The lowest BCUT2D eigenvalue weighted by Crippen LogP contribution is -2.15. The number of carbonyl (C=O) groups excluding carboxylic acids is 1. The highest BCUT2D eigenvalue weighted by Gasteiger charge is 2.21. The van der Waals surface area contributed by atoms with Crippen molar-refractivity contribution in [3.63, 3.8) is 0 Å². The predicted molar refractivity (Wildman–Crippen MR) is 127 cm³/mol. The van der Waals surface area contributed by atoms with Crippen molar-refractivity contribution in [2.75, 3.05) is 10.6 Å². The molecule has 6 heteroatoms. The fourth-order valence-electron chi connectivity index (χ4n) is 4.04. The number of aromatic nitrogens is 1. The lowest BCUT2D eigenvalue weighted by molar-refractivity contribution is 0.102. The van der Waals surface area contributed by atoms with E-state index in [9.17, 15) is 4.79 Å². The third-order valence-electron chi connectivity index (χ3n) is 5.67. The SMILES string of the molecule is CC(=N)c1c(Nc2ccccc2)ncc(C(=O)Nc2ccc(C3CCCC3)cc2)c1Cl. The Labute approximate surface area is 187 Å². The molecule has 3 aromatic rings. The Kier molecular flexibility index (Phi) is 6.33. The molecule has 4 rings (SSSR count). The second-order valence-electron chi connectivity index (χ2n) is 7.88. The van der Waals surface area contributed by atoms with Crippen LogP contribution in [0.4, 0.5) is 17.2 Å². The van der Waals surface area contributed by atoms with Crippen LogP contribution in [0.25, 0.3) is 0 Å². The number of hydrogen-bond donors (Lipinski definition) is 3. The molecule has 1 aliphatic carbocycles. The van der Waals surface area contributed by atoms with Gasteiger partial charge in [-0.25, -0.2) is 4.98 Å². The van der Waals surface area contributed by atoms with Gasteiger partial charge in [-0.3, -0.25) is 4.79 Å². The number of carbonyl (C=O) groups is 1. The van der Waals surface area contributed by atoms with E-state index in [-0.39, 0.29) is 22.2 Å². The standard InChI is InChI=1S/C25H25ClN4O/c1-16(27)22-23(26)21(15-28-24(22)29-19-9-3-2-4-10-19)25(31)30-20-13-11-18(12-14-20)17-7-5-6-8-17/h2-4,9-15,17,27H,5-8H2,1H3,(H,28,29)(H,30,31). The molecule has 1 amide bonds. The maximum Gasteiger partial charge on any atom is 0.258 e. The van der Waals surface area contributed by atoms with Gasteiger partial charge in [0.2, 0.25) is 0 Å². The van der Waals surface area contributed by atoms with Crippen LogP contribution in [0.1, 0.15) is 60.0 Å². The third kappa shape index (κ3) is 4.78. The zero-order valence-electron chi connectivity index (χ0n) is 17.4. The van der Waals surface area contributed by atoms with Crippen molar-refractivity contribution in [1.82, 2.24) is 4.98 Å². The van der Waals surface area contributed by atoms with E-state index in [1.54, 1.807) is 6.92 Å². The van der Waals surface area contributed by atoms with Crippen LogP contribution >= 0.6 is 11.6 Å². The highest BCUT2D eigenvalue weighted by Crippen LogP contribution is 2.34. The quantitative estimate of drug-likeness (QED) is 0.376. The molecule has 1 heterocycles. The van der Waals surface area contributed by atoms with Gasteiger partial charge in [0.1, 0.15) is 5.82 Å². The number of halogens is 1. The lowest BCUT2D eigenvalue weighted by atomic mass is 9.97. The first-order valence-corrected chi connectivity index (χ1v) is 10.9. The molecule has 31 heavy (non-hydrogen) atoms. The van der Waals surface area contributed by atoms with Gasteiger partial charge < -0.3 is 16.0 Å². The lowest BCUT2D eigenvalue weighted by Gasteiger charge is -2.15. The highest BCUT2D eigenvalue weighted by molar-refractivity contribution is 6.38. The maximum absolute atomic E-state index is 12.9. The Morgan fingerprint density at radius 2 is 1.71 bits per heavy atom. The normalized spacial score (nSPS) is 13.7. The topological polar surface area (TPSA) is 77.9 Å². The number of rotatable bonds is 6. The Morgan fingerprint density at radius 1 is 1.03 bits per heavy atom. The molecule has 5 nitrogen and oxygen atoms in total. The van der Waals surface area contributed by atoms with E-state index in [1.165, 1.54) is 37.4 Å². The number of amides is 1. The second kappa shape index (κ2) is 9.31. The molecule has 158 valence electrons. The number of anilines is 3. The number of hydrogen-bond acceptors (Lipinski definition) is 4. The monoisotopic (exact) mass is 432 g/mol. The summed E-state index contributed by atoms with van der Waals surface area (Å²) in [4.78, 5) is 17.3. The number of benzene rings is 2. The van der Waals surface area contributed by atoms with Gasteiger partial charge in [-0.1, -0.05) is 54.8 Å². The van der Waals surface area contributed by atoms with E-state index < -0.39 is 0 Å². The molecule has 0 spiro atoms. The fourth-order valence-corrected chi connectivity index (χ4v) is 4.40. The summed E-state index contributed by atoms with van der Waals surface area (Å²) in [6.45, 7) is 1.63. The minimum atomic E-state index is -0.347. The van der Waals surface area contributed by atoms with E-state index in [0.717, 1.165) is 5.69 Å². The van der Waals surface area contributed by atoms with E-state index in [0.29, 0.717) is 23.0 Å². The molecule has 1 fully saturated rings. The van der Waals surface area contributed by atoms with Crippen LogP contribution in [-0.2, 0) is 0 Å². The van der Waals surface area contributed by atoms with Crippen molar-refractivity contribution in [1.29, 1.82) is 5.41 Å². The molecular weight excluding hydrogens is 408 g/mol. The summed E-state index contributed by atoms with van der Waals surface area (Å²) >= 11 is 6.57. The summed E-state index contributed by atoms with van der Waals surface area (Å²) in [5.74, 6) is 0.729. The van der Waals surface area contributed by atoms with Crippen molar-refractivity contribution in [2.45, 2.75) is 38.5 Å². The van der Waals surface area contributed by atoms with Crippen molar-refractivity contribution in [3.8, 4) is 0 Å². The molecule has 2 aromatic carbocycles. The molecule has 0 unspecified atom stereocenters. The van der Waals surface area contributed by atoms with Gasteiger partial charge in [0.15, 0.2) is 0 Å². The molecule has 1 aromatic heterocycles. The molecule has 0 aliphatic heterocycles. The van der Waals surface area contributed by atoms with Gasteiger partial charge >= 0.3 is 0 Å². The van der Waals surface area contributed by atoms with Crippen molar-refractivity contribution >= 4 is 40.4 Å². The minimum Gasteiger partial charge on any atom is -0.340 e. The Bertz CT molecular complexity index is 1090. The van der Waals surface area contributed by atoms with Crippen molar-refractivity contribution < 1.29 is 4.79 Å². The minimum absolute atomic E-state index is 0.209. The second-order valence-corrected chi connectivity index (χ2v) is 8.26. The van der Waals surface area contributed by atoms with Crippen molar-refractivity contribution in [3.05, 3.63) is 82.5 Å². The van der Waals surface area contributed by atoms with Gasteiger partial charge in [-0.15, -0.1) is 0 Å². The number of nitrogens with one attached hydrogen (secondary N) is 3. The first-order valence-electron chi connectivity index (χ1n) is 10.5. The molecular formula is C25H25ClN4O. The van der Waals surface area contributed by atoms with Gasteiger partial charge in [0.25, 0.3) is 5.91 Å². The van der Waals surface area contributed by atoms with Gasteiger partial charge in [0, 0.05) is 23.3 Å². The summed E-state index contributed by atoms with van der Waals surface area (Å²) in [6, 6.07) is 17.6. The zero-order valence-corrected chi connectivity index (χ0v) is 18.2. The molecule has 0 atom stereocenters. The molecule has 0 bridgehead atoms. The van der Waals surface area contributed by atoms with Crippen LogP contribution in [0.5, 0.6) is 0 Å². The first kappa shape index (κ1) is 21.1. The molecule has 3 N–H and O–H groups in total. The largest absolute Gasteiger partial charge is 0.340 e. The summed E-state index contributed by atoms with van der Waals surface area (Å²) in [5, 5.41) is 14.4. The molecule has 0 saturated heterocycles. The van der Waals surface area contributed by atoms with Crippen molar-refractivity contribution in [2.24, 2.45) is 0 Å². The first-order chi connectivity index (χ1) is 15.0. The Morgan fingerprint density at radius 3 is 2.35 bits per heavy atom. The number of para-hydroxylation sites is 1. The number of pyridine rings is 1. The van der Waals surface area contributed by atoms with E-state index in [4.69, 9.17) is 17.0 Å². The average molecular weight is 433 g/mol. The van der Waals surface area contributed by atoms with Gasteiger partial charge in [0.05, 0.1) is 16.1 Å². The van der Waals surface area contributed by atoms with Crippen LogP contribution in [0.15, 0.2) is 60.8 Å². The summed E-state index contributed by atoms with van der Waals surface area (Å²) in [5.41, 5.74) is 3.74. The summed E-state index contributed by atoms with van der Waals surface area (Å²) < 4.78 is 0. The van der Waals surface area contributed by atoms with Crippen LogP contribution < -0.4 is 10.6 Å². The third-order valence-corrected chi connectivity index (χ3v) is 6.06. The van der Waals surface area contributed by atoms with Gasteiger partial charge in [-0.2, -0.15) is 0 Å². The average Bonchev–Trinajstić information content (AvgIpc) is 3.30. The highest BCUT2D eigenvalue weighted by atomic mass is 35.5. The fraction of sp³-hybridized carbons (Fsp3) is 0.240. The zero-order chi connectivity index (χ0) is 21.8. The molecule has 1 aliphatic rings.